The predicted molar refractivity (Wildman–Crippen MR) is 192 cm³/mol. The molecule has 4 aliphatic heterocycles. The van der Waals surface area contributed by atoms with Gasteiger partial charge in [0.25, 0.3) is 0 Å². The second-order valence-electron chi connectivity index (χ2n) is 14.5. The average Bonchev–Trinajstić information content (AvgIpc) is 3.40. The van der Waals surface area contributed by atoms with Crippen molar-refractivity contribution in [2.75, 3.05) is 71.3 Å². The number of aromatic amines is 1. The van der Waals surface area contributed by atoms with Crippen molar-refractivity contribution in [1.29, 1.82) is 0 Å². The van der Waals surface area contributed by atoms with Crippen LogP contribution in [0, 0.1) is 6.92 Å². The largest absolute Gasteiger partial charge is 0.426 e. The fourth-order valence-corrected chi connectivity index (χ4v) is 8.24. The lowest BCUT2D eigenvalue weighted by atomic mass is 9.98. The Kier molecular flexibility index (Phi) is 10.5. The van der Waals surface area contributed by atoms with Crippen molar-refractivity contribution in [3.05, 3.63) is 59.3 Å². The number of carbonyl (C=O) groups excluding carboxylic acids is 3. The summed E-state index contributed by atoms with van der Waals surface area (Å²) in [6, 6.07) is 11.7. The first-order chi connectivity index (χ1) is 24.3. The lowest BCUT2D eigenvalue weighted by Crippen LogP contribution is -2.55. The van der Waals surface area contributed by atoms with E-state index in [-0.39, 0.29) is 18.0 Å². The molecule has 5 heterocycles. The van der Waals surface area contributed by atoms with Gasteiger partial charge in [-0.3, -0.25) is 14.8 Å². The first-order valence-electron chi connectivity index (χ1n) is 18.3. The van der Waals surface area contributed by atoms with E-state index < -0.39 is 12.1 Å². The Morgan fingerprint density at radius 3 is 2.56 bits per heavy atom. The molecular formula is C37H51N9O4. The lowest BCUT2D eigenvalue weighted by molar-refractivity contribution is -0.137. The molecule has 0 radical (unpaired) electrons. The zero-order valence-corrected chi connectivity index (χ0v) is 29.4. The lowest BCUT2D eigenvalue weighted by Gasteiger charge is -2.39. The maximum atomic E-state index is 14.1. The number of aryl methyl sites for hydroxylation is 1. The van der Waals surface area contributed by atoms with Crippen molar-refractivity contribution in [1.82, 2.24) is 40.2 Å². The summed E-state index contributed by atoms with van der Waals surface area (Å²) in [6.45, 7) is 9.40. The number of likely N-dealkylation sites (tertiary alicyclic amines) is 1. The first kappa shape index (κ1) is 34.3. The van der Waals surface area contributed by atoms with Gasteiger partial charge in [0.05, 0.1) is 11.7 Å². The summed E-state index contributed by atoms with van der Waals surface area (Å²) in [7, 11) is 2.19. The van der Waals surface area contributed by atoms with Crippen molar-refractivity contribution in [3.8, 4) is 0 Å². The predicted octanol–water partition coefficient (Wildman–Crippen LogP) is 3.61. The van der Waals surface area contributed by atoms with E-state index in [1.165, 1.54) is 6.42 Å². The van der Waals surface area contributed by atoms with Crippen molar-refractivity contribution >= 4 is 34.6 Å². The van der Waals surface area contributed by atoms with Gasteiger partial charge in [-0.25, -0.2) is 9.59 Å². The highest BCUT2D eigenvalue weighted by atomic mass is 16.7. The van der Waals surface area contributed by atoms with E-state index in [1.54, 1.807) is 11.3 Å². The highest BCUT2D eigenvalue weighted by Crippen LogP contribution is 2.26. The summed E-state index contributed by atoms with van der Waals surface area (Å²) >= 11 is 0. The van der Waals surface area contributed by atoms with Gasteiger partial charge in [0.15, 0.2) is 0 Å². The maximum Gasteiger partial charge on any atom is 0.426 e. The minimum atomic E-state index is -0.769. The van der Waals surface area contributed by atoms with E-state index >= 15 is 0 Å². The second-order valence-corrected chi connectivity index (χ2v) is 14.5. The van der Waals surface area contributed by atoms with E-state index in [2.05, 4.69) is 49.8 Å². The van der Waals surface area contributed by atoms with Gasteiger partial charge in [0.2, 0.25) is 5.91 Å². The van der Waals surface area contributed by atoms with Gasteiger partial charge in [-0.1, -0.05) is 24.3 Å². The normalized spacial score (nSPS) is 21.3. The maximum absolute atomic E-state index is 14.1. The number of nitrogens with one attached hydrogen (secondary N) is 3. The molecule has 0 saturated carbocycles. The molecular weight excluding hydrogens is 634 g/mol. The first-order valence-corrected chi connectivity index (χ1v) is 18.3. The van der Waals surface area contributed by atoms with Crippen LogP contribution >= 0.6 is 0 Å². The van der Waals surface area contributed by atoms with Crippen LogP contribution in [0.4, 0.5) is 15.3 Å². The Hall–Kier alpha value is -4.20. The molecule has 2 aromatic carbocycles. The number of rotatable bonds is 7. The number of piperidine rings is 2. The molecule has 0 bridgehead atoms. The topological polar surface area (TPSA) is 129 Å². The Morgan fingerprint density at radius 1 is 0.960 bits per heavy atom. The Morgan fingerprint density at radius 2 is 1.74 bits per heavy atom. The SMILES string of the molecule is Cc1cc(CC(NC(=O)ON2CCC(N3CCc4ccccc4NC3=O)CC2)C(=O)N2CCC(N3CCCN(C)CC3)CC2)cc2cn[nH]c12. The number of aromatic nitrogens is 2. The van der Waals surface area contributed by atoms with Gasteiger partial charge in [-0.2, -0.15) is 5.10 Å². The van der Waals surface area contributed by atoms with E-state index in [9.17, 15) is 14.4 Å². The van der Waals surface area contributed by atoms with Crippen molar-refractivity contribution in [3.63, 3.8) is 0 Å². The molecule has 0 aliphatic carbocycles. The standard InChI is InChI=1S/C37H51N9O4/c1-26-22-27(23-29-25-38-41-34(26)29)24-33(35(47)44-15-9-30(10-16-44)43-14-5-13-42(2)20-21-43)40-37(49)50-45-17-11-31(12-18-45)46-19-8-28-6-3-4-7-32(28)39-36(46)48/h3-4,6-7,22-23,25,30-31,33H,5,8-21,24H2,1-2H3,(H,38,41)(H,39,48)(H,40,49). The van der Waals surface area contributed by atoms with Gasteiger partial charge in [0.1, 0.15) is 6.04 Å². The third kappa shape index (κ3) is 7.90. The van der Waals surface area contributed by atoms with E-state index in [0.717, 1.165) is 78.7 Å². The second kappa shape index (κ2) is 15.4. The molecule has 4 aliphatic rings. The molecule has 1 atom stereocenters. The molecule has 3 aromatic rings. The molecule has 13 heteroatoms. The number of para-hydroxylation sites is 1. The van der Waals surface area contributed by atoms with Crippen LogP contribution in [-0.2, 0) is 22.5 Å². The van der Waals surface area contributed by atoms with Crippen LogP contribution in [0.5, 0.6) is 0 Å². The molecule has 1 unspecified atom stereocenters. The number of fused-ring (bicyclic) bond motifs is 2. The van der Waals surface area contributed by atoms with Crippen LogP contribution in [0.25, 0.3) is 10.9 Å². The fraction of sp³-hybridized carbons (Fsp3) is 0.568. The smallest absolute Gasteiger partial charge is 0.351 e. The number of carbonyl (C=O) groups is 3. The number of anilines is 1. The molecule has 50 heavy (non-hydrogen) atoms. The zero-order valence-electron chi connectivity index (χ0n) is 29.4. The van der Waals surface area contributed by atoms with Gasteiger partial charge in [0, 0.05) is 75.4 Å². The van der Waals surface area contributed by atoms with Gasteiger partial charge < -0.3 is 30.2 Å². The Labute approximate surface area is 294 Å². The van der Waals surface area contributed by atoms with Crippen LogP contribution in [0.15, 0.2) is 42.6 Å². The average molecular weight is 686 g/mol. The number of nitrogens with zero attached hydrogens (tertiary/aromatic N) is 6. The number of likely N-dealkylation sites (N-methyl/N-ethyl adjacent to an activating group) is 1. The summed E-state index contributed by atoms with van der Waals surface area (Å²) in [4.78, 5) is 55.2. The fourth-order valence-electron chi connectivity index (χ4n) is 8.24. The van der Waals surface area contributed by atoms with E-state index in [1.807, 2.05) is 41.0 Å². The van der Waals surface area contributed by atoms with Crippen LogP contribution < -0.4 is 10.6 Å². The third-order valence-corrected chi connectivity index (χ3v) is 11.1. The highest BCUT2D eigenvalue weighted by Gasteiger charge is 2.34. The molecule has 7 rings (SSSR count). The Bertz CT molecular complexity index is 1660. The van der Waals surface area contributed by atoms with Gasteiger partial charge in [-0.05, 0) is 94.4 Å². The quantitative estimate of drug-likeness (QED) is 0.344. The van der Waals surface area contributed by atoms with Gasteiger partial charge in [-0.15, -0.1) is 5.06 Å². The van der Waals surface area contributed by atoms with Crippen LogP contribution in [-0.4, -0.2) is 137 Å². The van der Waals surface area contributed by atoms with E-state index in [0.29, 0.717) is 58.0 Å². The number of hydrogen-bond acceptors (Lipinski definition) is 8. The third-order valence-electron chi connectivity index (χ3n) is 11.1. The molecule has 13 nitrogen and oxygen atoms in total. The van der Waals surface area contributed by atoms with Crippen LogP contribution in [0.1, 0.15) is 48.8 Å². The van der Waals surface area contributed by atoms with E-state index in [4.69, 9.17) is 4.84 Å². The van der Waals surface area contributed by atoms with Crippen molar-refractivity contribution < 1.29 is 19.2 Å². The molecule has 268 valence electrons. The van der Waals surface area contributed by atoms with Crippen LogP contribution in [0.3, 0.4) is 0 Å². The summed E-state index contributed by atoms with van der Waals surface area (Å²) in [5.41, 5.74) is 4.97. The summed E-state index contributed by atoms with van der Waals surface area (Å²) < 4.78 is 0. The summed E-state index contributed by atoms with van der Waals surface area (Å²) in [5, 5.41) is 15.9. The highest BCUT2D eigenvalue weighted by molar-refractivity contribution is 5.91. The van der Waals surface area contributed by atoms with Gasteiger partial charge >= 0.3 is 12.1 Å². The number of benzene rings is 2. The number of hydrogen-bond donors (Lipinski definition) is 3. The monoisotopic (exact) mass is 685 g/mol. The molecule has 0 spiro atoms. The summed E-state index contributed by atoms with van der Waals surface area (Å²) in [5.74, 6) is -0.0761. The summed E-state index contributed by atoms with van der Waals surface area (Å²) in [6.07, 6.45) is 6.71. The zero-order chi connectivity index (χ0) is 34.6. The Balaban J connectivity index is 0.965. The molecule has 3 N–H and O–H groups in total. The minimum absolute atomic E-state index is 0.0563. The van der Waals surface area contributed by atoms with Crippen LogP contribution in [0.2, 0.25) is 0 Å². The number of hydroxylamine groups is 2. The van der Waals surface area contributed by atoms with Crippen molar-refractivity contribution in [2.45, 2.75) is 70.0 Å². The number of amides is 4. The molecule has 3 saturated heterocycles. The molecule has 1 aromatic heterocycles. The number of urea groups is 1. The molecule has 4 amide bonds. The number of H-pyrrole nitrogens is 1. The van der Waals surface area contributed by atoms with Crippen molar-refractivity contribution in [2.24, 2.45) is 0 Å². The minimum Gasteiger partial charge on any atom is -0.351 e. The molecule has 3 fully saturated rings.